The predicted molar refractivity (Wildman–Crippen MR) is 56.4 cm³/mol. The minimum Gasteiger partial charge on any atom is -0.359 e. The van der Waals surface area contributed by atoms with Crippen LogP contribution >= 0.6 is 0 Å². The third-order valence-electron chi connectivity index (χ3n) is 2.95. The van der Waals surface area contributed by atoms with E-state index >= 15 is 0 Å². The second-order valence-electron chi connectivity index (χ2n) is 3.93. The van der Waals surface area contributed by atoms with Gasteiger partial charge in [0.15, 0.2) is 0 Å². The third-order valence-corrected chi connectivity index (χ3v) is 2.95. The minimum absolute atomic E-state index is 0.0270. The molecule has 1 aliphatic rings. The van der Waals surface area contributed by atoms with Crippen LogP contribution in [0.1, 0.15) is 11.5 Å². The molecule has 2 heterocycles. The predicted octanol–water partition coefficient (Wildman–Crippen LogP) is -0.531. The van der Waals surface area contributed by atoms with Crippen LogP contribution in [0.4, 0.5) is 0 Å². The first-order valence-corrected chi connectivity index (χ1v) is 5.13. The highest BCUT2D eigenvalue weighted by atomic mass is 16.1. The van der Waals surface area contributed by atoms with Gasteiger partial charge in [-0.05, 0) is 5.56 Å². The SMILES string of the molecule is CNC(=O)C1CNCC1c1cnn(C)c1. The Bertz CT molecular complexity index is 360. The van der Waals surface area contributed by atoms with Gasteiger partial charge in [-0.3, -0.25) is 9.48 Å². The van der Waals surface area contributed by atoms with E-state index in [9.17, 15) is 4.79 Å². The zero-order valence-electron chi connectivity index (χ0n) is 9.03. The van der Waals surface area contributed by atoms with Crippen LogP contribution in [-0.4, -0.2) is 35.8 Å². The lowest BCUT2D eigenvalue weighted by atomic mass is 9.90. The second kappa shape index (κ2) is 4.02. The first-order chi connectivity index (χ1) is 7.22. The number of carbonyl (C=O) groups excluding carboxylic acids is 1. The Hall–Kier alpha value is -1.36. The van der Waals surface area contributed by atoms with Crippen molar-refractivity contribution in [2.75, 3.05) is 20.1 Å². The number of aromatic nitrogens is 2. The van der Waals surface area contributed by atoms with Crippen LogP contribution in [0, 0.1) is 5.92 Å². The summed E-state index contributed by atoms with van der Waals surface area (Å²) in [5.74, 6) is 0.381. The van der Waals surface area contributed by atoms with E-state index in [-0.39, 0.29) is 17.7 Å². The number of aryl methyl sites for hydroxylation is 1. The molecule has 0 aromatic carbocycles. The van der Waals surface area contributed by atoms with Crippen LogP contribution in [0.15, 0.2) is 12.4 Å². The molecule has 1 fully saturated rings. The van der Waals surface area contributed by atoms with E-state index in [2.05, 4.69) is 15.7 Å². The topological polar surface area (TPSA) is 59.0 Å². The van der Waals surface area contributed by atoms with Gasteiger partial charge in [0.1, 0.15) is 0 Å². The molecule has 0 aliphatic carbocycles. The molecule has 1 aromatic rings. The summed E-state index contributed by atoms with van der Waals surface area (Å²) < 4.78 is 1.77. The molecule has 1 aliphatic heterocycles. The molecule has 1 amide bonds. The molecular weight excluding hydrogens is 192 g/mol. The lowest BCUT2D eigenvalue weighted by Crippen LogP contribution is -2.31. The molecule has 0 radical (unpaired) electrons. The Labute approximate surface area is 88.8 Å². The molecule has 82 valence electrons. The lowest BCUT2D eigenvalue weighted by Gasteiger charge is -2.15. The van der Waals surface area contributed by atoms with Gasteiger partial charge in [-0.15, -0.1) is 0 Å². The van der Waals surface area contributed by atoms with Crippen molar-refractivity contribution in [1.29, 1.82) is 0 Å². The van der Waals surface area contributed by atoms with Crippen molar-refractivity contribution in [3.05, 3.63) is 18.0 Å². The standard InChI is InChI=1S/C10H16N4O/c1-11-10(15)9-5-12-4-8(9)7-3-13-14(2)6-7/h3,6,8-9,12H,4-5H2,1-2H3,(H,11,15). The van der Waals surface area contributed by atoms with Crippen molar-refractivity contribution in [3.63, 3.8) is 0 Å². The molecule has 5 heteroatoms. The molecule has 0 saturated carbocycles. The van der Waals surface area contributed by atoms with Crippen LogP contribution in [-0.2, 0) is 11.8 Å². The molecule has 1 aromatic heterocycles. The van der Waals surface area contributed by atoms with Gasteiger partial charge in [0.05, 0.1) is 12.1 Å². The summed E-state index contributed by atoms with van der Waals surface area (Å²) in [6.07, 6.45) is 3.82. The molecule has 2 rings (SSSR count). The minimum atomic E-state index is 0.0270. The fraction of sp³-hybridized carbons (Fsp3) is 0.600. The number of nitrogens with one attached hydrogen (secondary N) is 2. The van der Waals surface area contributed by atoms with Gasteiger partial charge in [-0.1, -0.05) is 0 Å². The molecule has 2 N–H and O–H groups in total. The average Bonchev–Trinajstić information content (AvgIpc) is 2.84. The second-order valence-corrected chi connectivity index (χ2v) is 3.93. The number of nitrogens with zero attached hydrogens (tertiary/aromatic N) is 2. The van der Waals surface area contributed by atoms with Crippen molar-refractivity contribution >= 4 is 5.91 Å². The summed E-state index contributed by atoms with van der Waals surface area (Å²) in [4.78, 5) is 11.6. The van der Waals surface area contributed by atoms with E-state index in [0.717, 1.165) is 18.7 Å². The zero-order valence-corrected chi connectivity index (χ0v) is 9.03. The Morgan fingerprint density at radius 1 is 1.67 bits per heavy atom. The summed E-state index contributed by atoms with van der Waals surface area (Å²) in [5, 5.41) is 10.1. The average molecular weight is 208 g/mol. The van der Waals surface area contributed by atoms with Crippen molar-refractivity contribution in [2.24, 2.45) is 13.0 Å². The van der Waals surface area contributed by atoms with Crippen molar-refractivity contribution in [3.8, 4) is 0 Å². The fourth-order valence-electron chi connectivity index (χ4n) is 2.12. The molecule has 2 unspecified atom stereocenters. The van der Waals surface area contributed by atoms with E-state index in [1.165, 1.54) is 0 Å². The molecule has 15 heavy (non-hydrogen) atoms. The normalized spacial score (nSPS) is 25.5. The quantitative estimate of drug-likeness (QED) is 0.687. The Kier molecular flexibility index (Phi) is 2.73. The lowest BCUT2D eigenvalue weighted by molar-refractivity contribution is -0.124. The van der Waals surface area contributed by atoms with Crippen molar-refractivity contribution in [1.82, 2.24) is 20.4 Å². The molecule has 0 spiro atoms. The van der Waals surface area contributed by atoms with Gasteiger partial charge in [-0.25, -0.2) is 0 Å². The number of rotatable bonds is 2. The van der Waals surface area contributed by atoms with Gasteiger partial charge in [-0.2, -0.15) is 5.10 Å². The molecule has 1 saturated heterocycles. The maximum atomic E-state index is 11.6. The highest BCUT2D eigenvalue weighted by Gasteiger charge is 2.33. The number of carbonyl (C=O) groups is 1. The van der Waals surface area contributed by atoms with E-state index in [4.69, 9.17) is 0 Å². The van der Waals surface area contributed by atoms with Gasteiger partial charge >= 0.3 is 0 Å². The summed E-state index contributed by atoms with van der Waals surface area (Å²) in [6, 6.07) is 0. The maximum absolute atomic E-state index is 11.6. The first-order valence-electron chi connectivity index (χ1n) is 5.13. The number of amides is 1. The van der Waals surface area contributed by atoms with E-state index in [1.807, 2.05) is 19.4 Å². The van der Waals surface area contributed by atoms with Crippen LogP contribution in [0.25, 0.3) is 0 Å². The van der Waals surface area contributed by atoms with E-state index in [1.54, 1.807) is 11.7 Å². The Morgan fingerprint density at radius 2 is 2.47 bits per heavy atom. The Morgan fingerprint density at radius 3 is 3.07 bits per heavy atom. The van der Waals surface area contributed by atoms with Crippen molar-refractivity contribution in [2.45, 2.75) is 5.92 Å². The zero-order chi connectivity index (χ0) is 10.8. The van der Waals surface area contributed by atoms with Crippen LogP contribution in [0.2, 0.25) is 0 Å². The monoisotopic (exact) mass is 208 g/mol. The molecular formula is C10H16N4O. The van der Waals surface area contributed by atoms with Gasteiger partial charge in [0, 0.05) is 39.3 Å². The van der Waals surface area contributed by atoms with Gasteiger partial charge < -0.3 is 10.6 Å². The smallest absolute Gasteiger partial charge is 0.224 e. The van der Waals surface area contributed by atoms with E-state index < -0.39 is 0 Å². The Balaban J connectivity index is 2.18. The maximum Gasteiger partial charge on any atom is 0.224 e. The molecule has 5 nitrogen and oxygen atoms in total. The van der Waals surface area contributed by atoms with Gasteiger partial charge in [0.25, 0.3) is 0 Å². The third kappa shape index (κ3) is 1.87. The van der Waals surface area contributed by atoms with Crippen LogP contribution in [0.5, 0.6) is 0 Å². The number of hydrogen-bond acceptors (Lipinski definition) is 3. The summed E-state index contributed by atoms with van der Waals surface area (Å²) in [6.45, 7) is 1.60. The number of hydrogen-bond donors (Lipinski definition) is 2. The first kappa shape index (κ1) is 10.2. The molecule has 0 bridgehead atoms. The van der Waals surface area contributed by atoms with Gasteiger partial charge in [0.2, 0.25) is 5.91 Å². The van der Waals surface area contributed by atoms with E-state index in [0.29, 0.717) is 0 Å². The molecule has 2 atom stereocenters. The highest BCUT2D eigenvalue weighted by molar-refractivity contribution is 5.80. The largest absolute Gasteiger partial charge is 0.359 e. The highest BCUT2D eigenvalue weighted by Crippen LogP contribution is 2.27. The van der Waals surface area contributed by atoms with Crippen LogP contribution in [0.3, 0.4) is 0 Å². The van der Waals surface area contributed by atoms with Crippen LogP contribution < -0.4 is 10.6 Å². The summed E-state index contributed by atoms with van der Waals surface area (Å²) in [5.41, 5.74) is 1.14. The van der Waals surface area contributed by atoms with Crippen molar-refractivity contribution < 1.29 is 4.79 Å². The fourth-order valence-corrected chi connectivity index (χ4v) is 2.12. The summed E-state index contributed by atoms with van der Waals surface area (Å²) >= 11 is 0. The summed E-state index contributed by atoms with van der Waals surface area (Å²) in [7, 11) is 3.57.